The highest BCUT2D eigenvalue weighted by atomic mass is 32.9. The largest absolute Gasteiger partial charge is 0.370 e. The van der Waals surface area contributed by atoms with E-state index >= 15 is 0 Å². The summed E-state index contributed by atoms with van der Waals surface area (Å²) in [6, 6.07) is 2.46. The standard InChI is InChI=1S/C14H18N4O5S3/c19-13-9-23-7-6-16(13)10-3-4-12(15-8-10)17-5-1-2-11(14(17)20)18(24)26(21,22)25/h3-4,8,11,24H,1-2,5-7,9H2,(H,21,22,25). The Morgan fingerprint density at radius 3 is 2.73 bits per heavy atom. The summed E-state index contributed by atoms with van der Waals surface area (Å²) in [7, 11) is -3.76. The van der Waals surface area contributed by atoms with Gasteiger partial charge in [0.25, 0.3) is 5.91 Å². The van der Waals surface area contributed by atoms with Gasteiger partial charge in [-0.2, -0.15) is 0 Å². The number of hydrogen-bond acceptors (Lipinski definition) is 7. The first-order valence-electron chi connectivity index (χ1n) is 7.90. The van der Waals surface area contributed by atoms with Crippen LogP contribution in [-0.2, 0) is 34.5 Å². The highest BCUT2D eigenvalue weighted by Crippen LogP contribution is 2.26. The molecule has 12 heteroatoms. The number of hydrogen-bond donors (Lipinski definition) is 2. The Morgan fingerprint density at radius 1 is 1.35 bits per heavy atom. The maximum Gasteiger partial charge on any atom is 0.253 e. The van der Waals surface area contributed by atoms with Gasteiger partial charge in [-0.25, -0.2) is 9.19 Å². The van der Waals surface area contributed by atoms with Crippen molar-refractivity contribution in [1.29, 1.82) is 0 Å². The highest BCUT2D eigenvalue weighted by Gasteiger charge is 2.37. The summed E-state index contributed by atoms with van der Waals surface area (Å²) < 4.78 is 26.9. The third-order valence-corrected chi connectivity index (χ3v) is 6.70. The van der Waals surface area contributed by atoms with Crippen LogP contribution < -0.4 is 9.80 Å². The summed E-state index contributed by atoms with van der Waals surface area (Å²) in [5, 5.41) is 0. The van der Waals surface area contributed by atoms with E-state index in [4.69, 9.17) is 4.74 Å². The molecular formula is C14H18N4O5S3. The van der Waals surface area contributed by atoms with E-state index in [1.54, 1.807) is 17.0 Å². The van der Waals surface area contributed by atoms with Crippen LogP contribution in [0.3, 0.4) is 0 Å². The Hall–Kier alpha value is -1.31. The van der Waals surface area contributed by atoms with Gasteiger partial charge in [0.05, 0.1) is 18.5 Å². The van der Waals surface area contributed by atoms with Gasteiger partial charge in [0, 0.05) is 24.3 Å². The summed E-state index contributed by atoms with van der Waals surface area (Å²) in [5.74, 6) is -0.131. The smallest absolute Gasteiger partial charge is 0.253 e. The molecule has 0 spiro atoms. The first-order chi connectivity index (χ1) is 12.3. The molecule has 3 heterocycles. The molecule has 142 valence electrons. The molecule has 0 radical (unpaired) electrons. The SMILES string of the molecule is O=C1COCCN1c1ccc(N2CCCC(N(S)S(=O)(O)=S)C2=O)nc1. The number of anilines is 2. The summed E-state index contributed by atoms with van der Waals surface area (Å²) in [6.45, 7) is 1.37. The van der Waals surface area contributed by atoms with Crippen LogP contribution in [0.25, 0.3) is 0 Å². The van der Waals surface area contributed by atoms with Crippen molar-refractivity contribution in [3.8, 4) is 0 Å². The first kappa shape index (κ1) is 19.5. The Balaban J connectivity index is 1.78. The minimum absolute atomic E-state index is 0.0351. The van der Waals surface area contributed by atoms with Crippen molar-refractivity contribution in [1.82, 2.24) is 8.69 Å². The molecule has 2 saturated heterocycles. The normalized spacial score (nSPS) is 24.0. The van der Waals surface area contributed by atoms with Gasteiger partial charge in [-0.3, -0.25) is 19.0 Å². The van der Waals surface area contributed by atoms with E-state index in [0.29, 0.717) is 44.0 Å². The molecule has 0 bridgehead atoms. The van der Waals surface area contributed by atoms with Gasteiger partial charge in [0.1, 0.15) is 18.5 Å². The molecule has 26 heavy (non-hydrogen) atoms. The lowest BCUT2D eigenvalue weighted by Crippen LogP contribution is -2.51. The van der Waals surface area contributed by atoms with E-state index in [-0.39, 0.29) is 18.4 Å². The van der Waals surface area contributed by atoms with Gasteiger partial charge in [-0.15, -0.1) is 3.71 Å². The van der Waals surface area contributed by atoms with Crippen molar-refractivity contribution in [3.05, 3.63) is 18.3 Å². The Kier molecular flexibility index (Phi) is 5.79. The van der Waals surface area contributed by atoms with Gasteiger partial charge < -0.3 is 9.64 Å². The number of carbonyl (C=O) groups is 2. The predicted octanol–water partition coefficient (Wildman–Crippen LogP) is 0.221. The number of morpholine rings is 1. The lowest BCUT2D eigenvalue weighted by molar-refractivity contribution is -0.125. The van der Waals surface area contributed by atoms with E-state index in [2.05, 4.69) is 29.0 Å². The van der Waals surface area contributed by atoms with Gasteiger partial charge in [0.15, 0.2) is 0 Å². The van der Waals surface area contributed by atoms with Crippen LogP contribution in [0.1, 0.15) is 12.8 Å². The number of ether oxygens (including phenoxy) is 1. The molecule has 1 aromatic rings. The van der Waals surface area contributed by atoms with Gasteiger partial charge in [-0.1, -0.05) is 12.8 Å². The fraction of sp³-hybridized carbons (Fsp3) is 0.500. The number of aromatic nitrogens is 1. The molecule has 0 aliphatic carbocycles. The average molecular weight is 419 g/mol. The Bertz CT molecular complexity index is 801. The van der Waals surface area contributed by atoms with Crippen molar-refractivity contribution in [2.45, 2.75) is 18.9 Å². The van der Waals surface area contributed by atoms with Gasteiger partial charge in [-0.05, 0) is 25.0 Å². The Morgan fingerprint density at radius 2 is 2.12 bits per heavy atom. The van der Waals surface area contributed by atoms with Crippen molar-refractivity contribution in [2.24, 2.45) is 0 Å². The van der Waals surface area contributed by atoms with Crippen LogP contribution in [0.15, 0.2) is 18.3 Å². The molecule has 2 fully saturated rings. The number of pyridine rings is 1. The number of piperidine rings is 1. The molecule has 2 atom stereocenters. The second kappa shape index (κ2) is 7.74. The van der Waals surface area contributed by atoms with E-state index in [1.165, 1.54) is 11.1 Å². The molecule has 1 N–H and O–H groups in total. The number of carbonyl (C=O) groups excluding carboxylic acids is 2. The van der Waals surface area contributed by atoms with Crippen LogP contribution in [0.5, 0.6) is 0 Å². The summed E-state index contributed by atoms with van der Waals surface area (Å²) >= 11 is 8.44. The monoisotopic (exact) mass is 418 g/mol. The molecular weight excluding hydrogens is 400 g/mol. The zero-order valence-electron chi connectivity index (χ0n) is 13.7. The van der Waals surface area contributed by atoms with Crippen molar-refractivity contribution >= 4 is 56.3 Å². The molecule has 0 saturated carbocycles. The number of rotatable bonds is 4. The lowest BCUT2D eigenvalue weighted by Gasteiger charge is -2.34. The number of nitrogens with zero attached hydrogens (tertiary/aromatic N) is 4. The minimum Gasteiger partial charge on any atom is -0.370 e. The molecule has 2 amide bonds. The van der Waals surface area contributed by atoms with Crippen LogP contribution in [0.4, 0.5) is 11.5 Å². The van der Waals surface area contributed by atoms with E-state index in [9.17, 15) is 18.4 Å². The molecule has 2 unspecified atom stereocenters. The van der Waals surface area contributed by atoms with E-state index in [0.717, 1.165) is 3.71 Å². The zero-order valence-corrected chi connectivity index (χ0v) is 16.2. The van der Waals surface area contributed by atoms with Gasteiger partial charge >= 0.3 is 0 Å². The molecule has 2 aliphatic heterocycles. The van der Waals surface area contributed by atoms with Crippen molar-refractivity contribution in [3.63, 3.8) is 0 Å². The average Bonchev–Trinajstić information content (AvgIpc) is 2.61. The third kappa shape index (κ3) is 4.00. The number of thiol groups is 1. The quantitative estimate of drug-likeness (QED) is 0.674. The van der Waals surface area contributed by atoms with Crippen molar-refractivity contribution in [2.75, 3.05) is 36.1 Å². The topological polar surface area (TPSA) is 103 Å². The molecule has 1 aromatic heterocycles. The lowest BCUT2D eigenvalue weighted by atomic mass is 10.1. The maximum atomic E-state index is 12.7. The summed E-state index contributed by atoms with van der Waals surface area (Å²) in [4.78, 5) is 31.9. The van der Waals surface area contributed by atoms with Crippen LogP contribution in [0, 0.1) is 0 Å². The molecule has 0 aromatic carbocycles. The first-order valence-corrected chi connectivity index (χ1v) is 10.7. The second-order valence-corrected chi connectivity index (χ2v) is 9.16. The van der Waals surface area contributed by atoms with Crippen molar-refractivity contribution < 1.29 is 23.1 Å². The summed E-state index contributed by atoms with van der Waals surface area (Å²) in [6.07, 6.45) is 2.52. The predicted molar refractivity (Wildman–Crippen MR) is 102 cm³/mol. The highest BCUT2D eigenvalue weighted by molar-refractivity contribution is 8.30. The van der Waals surface area contributed by atoms with E-state index in [1.807, 2.05) is 0 Å². The van der Waals surface area contributed by atoms with Crippen LogP contribution >= 0.6 is 12.8 Å². The molecule has 9 nitrogen and oxygen atoms in total. The second-order valence-electron chi connectivity index (χ2n) is 5.87. The van der Waals surface area contributed by atoms with Gasteiger partial charge in [0.2, 0.25) is 14.9 Å². The number of amides is 2. The van der Waals surface area contributed by atoms with E-state index < -0.39 is 15.0 Å². The third-order valence-electron chi connectivity index (χ3n) is 4.22. The Labute approximate surface area is 161 Å². The van der Waals surface area contributed by atoms with Crippen LogP contribution in [0.2, 0.25) is 0 Å². The fourth-order valence-corrected chi connectivity index (χ4v) is 3.98. The maximum absolute atomic E-state index is 12.7. The van der Waals surface area contributed by atoms with Crippen LogP contribution in [-0.4, -0.2) is 61.6 Å². The fourth-order valence-electron chi connectivity index (χ4n) is 2.94. The molecule has 3 rings (SSSR count). The minimum atomic E-state index is -3.76. The zero-order chi connectivity index (χ0) is 18.9. The summed E-state index contributed by atoms with van der Waals surface area (Å²) in [5.41, 5.74) is 0.628. The molecule has 2 aliphatic rings.